The number of benzene rings is 2. The molecule has 2 unspecified atom stereocenters. The van der Waals surface area contributed by atoms with Gasteiger partial charge >= 0.3 is 0 Å². The molecular formula is C44H60Cl2N12O5S2. The number of pyridine rings is 2. The molecule has 0 saturated heterocycles. The van der Waals surface area contributed by atoms with Crippen LogP contribution in [0.2, 0.25) is 10.0 Å². The molecule has 0 aliphatic carbocycles. The van der Waals surface area contributed by atoms with Crippen LogP contribution >= 0.6 is 23.2 Å². The summed E-state index contributed by atoms with van der Waals surface area (Å²) >= 11 is 11.7. The molecule has 352 valence electrons. The predicted molar refractivity (Wildman–Crippen MR) is 251 cm³/mol. The second-order valence-corrected chi connectivity index (χ2v) is 20.1. The van der Waals surface area contributed by atoms with E-state index in [9.17, 15) is 16.8 Å². The molecule has 0 radical (unpaired) electrons. The summed E-state index contributed by atoms with van der Waals surface area (Å²) in [6, 6.07) is 20.5. The van der Waals surface area contributed by atoms with Crippen LogP contribution in [-0.4, -0.2) is 86.6 Å². The quantitative estimate of drug-likeness (QED) is 0.0359. The molecule has 65 heavy (non-hydrogen) atoms. The van der Waals surface area contributed by atoms with E-state index in [0.29, 0.717) is 35.0 Å². The van der Waals surface area contributed by atoms with Crippen molar-refractivity contribution in [1.82, 2.24) is 60.7 Å². The summed E-state index contributed by atoms with van der Waals surface area (Å²) in [6.45, 7) is 0.830. The van der Waals surface area contributed by atoms with Gasteiger partial charge in [-0.15, -0.1) is 20.4 Å². The number of sulfonamides is 2. The predicted octanol–water partition coefficient (Wildman–Crippen LogP) is 7.11. The summed E-state index contributed by atoms with van der Waals surface area (Å²) < 4.78 is 54.8. The molecule has 17 nitrogen and oxygen atoms in total. The number of hydrogen-bond acceptors (Lipinski definition) is 12. The van der Waals surface area contributed by atoms with E-state index in [2.05, 4.69) is 72.8 Å². The topological polar surface area (TPSA) is 259 Å². The molecule has 2 atom stereocenters. The van der Waals surface area contributed by atoms with Crippen LogP contribution in [0.5, 0.6) is 0 Å². The van der Waals surface area contributed by atoms with Crippen molar-refractivity contribution in [2.45, 2.75) is 113 Å². The first-order valence-corrected chi connectivity index (χ1v) is 25.5. The van der Waals surface area contributed by atoms with Gasteiger partial charge in [0.15, 0.2) is 11.6 Å². The average Bonchev–Trinajstić information content (AvgIpc) is 4.03. The van der Waals surface area contributed by atoms with Gasteiger partial charge in [-0.05, 0) is 135 Å². The zero-order valence-corrected chi connectivity index (χ0v) is 39.5. The highest BCUT2D eigenvalue weighted by Crippen LogP contribution is 2.24. The maximum Gasteiger partial charge on any atom is 0.240 e. The number of aromatic nitrogens is 10. The first-order valence-electron chi connectivity index (χ1n) is 21.8. The van der Waals surface area contributed by atoms with E-state index in [0.717, 1.165) is 114 Å². The van der Waals surface area contributed by atoms with Crippen LogP contribution < -0.4 is 9.44 Å². The molecule has 0 fully saturated rings. The Morgan fingerprint density at radius 2 is 0.908 bits per heavy atom. The fourth-order valence-electron chi connectivity index (χ4n) is 7.31. The summed E-state index contributed by atoms with van der Waals surface area (Å²) in [5, 5.41) is 29.5. The summed E-state index contributed by atoms with van der Waals surface area (Å²) in [5.41, 5.74) is 2.50. The van der Waals surface area contributed by atoms with Gasteiger partial charge in [0.1, 0.15) is 0 Å². The van der Waals surface area contributed by atoms with Gasteiger partial charge < -0.3 is 5.48 Å². The Hall–Kier alpha value is -4.76. The number of H-pyrrole nitrogens is 2. The van der Waals surface area contributed by atoms with Crippen molar-refractivity contribution < 1.29 is 22.3 Å². The molecule has 0 aliphatic rings. The van der Waals surface area contributed by atoms with Gasteiger partial charge in [-0.3, -0.25) is 9.97 Å². The third-order valence-corrected chi connectivity index (χ3v) is 14.3. The molecule has 6 aromatic rings. The number of aromatic amines is 2. The van der Waals surface area contributed by atoms with Crippen molar-refractivity contribution in [2.24, 2.45) is 11.8 Å². The summed E-state index contributed by atoms with van der Waals surface area (Å²) in [4.78, 5) is 8.82. The number of tetrazole rings is 2. The zero-order valence-electron chi connectivity index (χ0n) is 36.4. The zero-order chi connectivity index (χ0) is 45.3. The first kappa shape index (κ1) is 52.9. The lowest BCUT2D eigenvalue weighted by Crippen LogP contribution is -2.24. The van der Waals surface area contributed by atoms with Crippen molar-refractivity contribution >= 4 is 43.2 Å². The van der Waals surface area contributed by atoms with E-state index < -0.39 is 20.0 Å². The van der Waals surface area contributed by atoms with Crippen LogP contribution in [0.25, 0.3) is 0 Å². The minimum atomic E-state index is -3.50. The molecule has 21 heteroatoms. The van der Waals surface area contributed by atoms with E-state index in [4.69, 9.17) is 23.2 Å². The minimum absolute atomic E-state index is 0. The first-order chi connectivity index (χ1) is 31.1. The second-order valence-electron chi connectivity index (χ2n) is 15.7. The maximum atomic E-state index is 12.4. The van der Waals surface area contributed by atoms with Crippen LogP contribution in [0.4, 0.5) is 0 Å². The molecule has 6 N–H and O–H groups in total. The standard InChI is InChI=1S/2C22H29ClN6O2S.H2O/c2*23-20-10-12-21(13-11-20)32(30,31)25-16-2-1-5-18(9-14-22-26-28-29-27-22)6-3-7-19-8-4-15-24-17-19;/h2*4,8,10-13,15,17-18,25H,1-3,5-7,9,14,16H2,(H,26,27,28,29);1H2. The number of nitrogens with one attached hydrogen (secondary N) is 4. The van der Waals surface area contributed by atoms with Crippen molar-refractivity contribution in [1.29, 1.82) is 0 Å². The molecule has 2 aromatic carbocycles. The molecule has 4 heterocycles. The number of rotatable bonds is 28. The summed E-state index contributed by atoms with van der Waals surface area (Å²) in [6.07, 6.45) is 22.9. The Balaban J connectivity index is 0.000000280. The van der Waals surface area contributed by atoms with Gasteiger partial charge in [-0.25, -0.2) is 26.3 Å². The highest BCUT2D eigenvalue weighted by atomic mass is 35.5. The van der Waals surface area contributed by atoms with E-state index in [1.54, 1.807) is 36.7 Å². The van der Waals surface area contributed by atoms with Gasteiger partial charge in [0, 0.05) is 60.8 Å². The van der Waals surface area contributed by atoms with Gasteiger partial charge in [-0.1, -0.05) is 84.3 Å². The van der Waals surface area contributed by atoms with Crippen LogP contribution in [0.3, 0.4) is 0 Å². The smallest absolute Gasteiger partial charge is 0.240 e. The fraction of sp³-hybridized carbons (Fsp3) is 0.455. The summed E-state index contributed by atoms with van der Waals surface area (Å²) in [7, 11) is -7.01. The van der Waals surface area contributed by atoms with Gasteiger partial charge in [0.05, 0.1) is 9.79 Å². The number of unbranched alkanes of at least 4 members (excludes halogenated alkanes) is 2. The highest BCUT2D eigenvalue weighted by molar-refractivity contribution is 7.89. The molecule has 6 rings (SSSR count). The number of halogens is 2. The lowest BCUT2D eigenvalue weighted by molar-refractivity contribution is 0.389. The molecule has 0 aliphatic heterocycles. The normalized spacial score (nSPS) is 12.5. The molecule has 0 amide bonds. The van der Waals surface area contributed by atoms with Crippen LogP contribution in [0.15, 0.2) is 107 Å². The van der Waals surface area contributed by atoms with Crippen molar-refractivity contribution in [2.75, 3.05) is 13.1 Å². The van der Waals surface area contributed by atoms with Crippen molar-refractivity contribution in [3.8, 4) is 0 Å². The fourth-order valence-corrected chi connectivity index (χ4v) is 9.71. The third kappa shape index (κ3) is 20.5. The van der Waals surface area contributed by atoms with Gasteiger partial charge in [-0.2, -0.15) is 10.4 Å². The van der Waals surface area contributed by atoms with Crippen LogP contribution in [-0.2, 0) is 45.7 Å². The van der Waals surface area contributed by atoms with E-state index in [-0.39, 0.29) is 15.3 Å². The molecule has 0 spiro atoms. The average molecular weight is 972 g/mol. The Kier molecular flexibility index (Phi) is 23.6. The maximum absolute atomic E-state index is 12.4. The Bertz CT molecular complexity index is 2200. The van der Waals surface area contributed by atoms with Crippen molar-refractivity contribution in [3.05, 3.63) is 130 Å². The summed E-state index contributed by atoms with van der Waals surface area (Å²) in [5.74, 6) is 2.52. The van der Waals surface area contributed by atoms with Crippen LogP contribution in [0.1, 0.15) is 99.8 Å². The third-order valence-electron chi connectivity index (χ3n) is 10.8. The molecule has 0 saturated carbocycles. The number of nitrogens with zero attached hydrogens (tertiary/aromatic N) is 8. The Morgan fingerprint density at radius 3 is 1.26 bits per heavy atom. The van der Waals surface area contributed by atoms with Crippen LogP contribution in [0, 0.1) is 11.8 Å². The lowest BCUT2D eigenvalue weighted by atomic mass is 9.90. The van der Waals surface area contributed by atoms with E-state index >= 15 is 0 Å². The highest BCUT2D eigenvalue weighted by Gasteiger charge is 2.16. The Morgan fingerprint density at radius 1 is 0.508 bits per heavy atom. The van der Waals surface area contributed by atoms with Crippen molar-refractivity contribution in [3.63, 3.8) is 0 Å². The monoisotopic (exact) mass is 970 g/mol. The Labute approximate surface area is 392 Å². The number of aryl methyl sites for hydroxylation is 4. The van der Waals surface area contributed by atoms with E-state index in [1.807, 2.05) is 24.5 Å². The molecule has 0 bridgehead atoms. The second kappa shape index (κ2) is 29.0. The molecule has 4 aromatic heterocycles. The van der Waals surface area contributed by atoms with Gasteiger partial charge in [0.2, 0.25) is 20.0 Å². The largest absolute Gasteiger partial charge is 0.412 e. The SMILES string of the molecule is O.O=S(=O)(NCCCCC(CCCc1cccnc1)CCc1nn[nH]n1)c1ccc(Cl)cc1.O=S(=O)(NCCCCC(CCCc1cccnc1)CCc1nn[nH]n1)c1ccc(Cl)cc1. The van der Waals surface area contributed by atoms with Gasteiger partial charge in [0.25, 0.3) is 0 Å². The lowest BCUT2D eigenvalue weighted by Gasteiger charge is -2.16. The molecular weight excluding hydrogens is 912 g/mol. The minimum Gasteiger partial charge on any atom is -0.412 e. The number of hydrogen-bond donors (Lipinski definition) is 4. The van der Waals surface area contributed by atoms with E-state index in [1.165, 1.54) is 35.4 Å².